The minimum absolute atomic E-state index is 0.215. The summed E-state index contributed by atoms with van der Waals surface area (Å²) < 4.78 is 5.33. The molecule has 3 aromatic rings. The van der Waals surface area contributed by atoms with Crippen LogP contribution in [-0.4, -0.2) is 24.5 Å². The minimum atomic E-state index is -0.215. The first-order valence-electron chi connectivity index (χ1n) is 8.54. The van der Waals surface area contributed by atoms with E-state index in [0.29, 0.717) is 17.3 Å². The lowest BCUT2D eigenvalue weighted by atomic mass is 10.1. The number of rotatable bonds is 7. The second kappa shape index (κ2) is 9.05. The van der Waals surface area contributed by atoms with Crippen LogP contribution in [0.15, 0.2) is 66.9 Å². The van der Waals surface area contributed by atoms with Crippen molar-refractivity contribution in [2.45, 2.75) is 6.42 Å². The average molecular weight is 382 g/mol. The van der Waals surface area contributed by atoms with Gasteiger partial charge in [-0.15, -0.1) is 0 Å². The van der Waals surface area contributed by atoms with Crippen LogP contribution in [0.1, 0.15) is 16.1 Å². The molecule has 0 atom stereocenters. The molecule has 138 valence electrons. The van der Waals surface area contributed by atoms with E-state index in [1.54, 1.807) is 25.4 Å². The zero-order chi connectivity index (χ0) is 19.1. The molecular formula is C21H20ClN3O2. The van der Waals surface area contributed by atoms with Crippen molar-refractivity contribution in [2.24, 2.45) is 0 Å². The number of para-hydroxylation sites is 2. The first-order chi connectivity index (χ1) is 13.2. The Balaban J connectivity index is 1.60. The lowest BCUT2D eigenvalue weighted by Gasteiger charge is -2.11. The van der Waals surface area contributed by atoms with E-state index in [1.807, 2.05) is 48.5 Å². The molecule has 2 aromatic carbocycles. The SMILES string of the molecule is COc1ccccc1Nc1ccnc(C(=O)NCCc2ccc(Cl)cc2)c1. The number of nitrogens with zero attached hydrogens (tertiary/aromatic N) is 1. The molecule has 0 fully saturated rings. The predicted molar refractivity (Wildman–Crippen MR) is 108 cm³/mol. The highest BCUT2D eigenvalue weighted by molar-refractivity contribution is 6.30. The van der Waals surface area contributed by atoms with Crippen molar-refractivity contribution in [2.75, 3.05) is 19.0 Å². The molecule has 0 aliphatic carbocycles. The smallest absolute Gasteiger partial charge is 0.269 e. The van der Waals surface area contributed by atoms with Crippen LogP contribution in [0.4, 0.5) is 11.4 Å². The number of hydrogen-bond acceptors (Lipinski definition) is 4. The Kier molecular flexibility index (Phi) is 6.28. The van der Waals surface area contributed by atoms with Gasteiger partial charge in [-0.3, -0.25) is 9.78 Å². The van der Waals surface area contributed by atoms with E-state index >= 15 is 0 Å². The van der Waals surface area contributed by atoms with Crippen LogP contribution in [0, 0.1) is 0 Å². The van der Waals surface area contributed by atoms with E-state index < -0.39 is 0 Å². The molecule has 0 radical (unpaired) electrons. The molecule has 1 heterocycles. The molecule has 1 aromatic heterocycles. The summed E-state index contributed by atoms with van der Waals surface area (Å²) in [5.74, 6) is 0.510. The summed E-state index contributed by atoms with van der Waals surface area (Å²) in [4.78, 5) is 16.5. The molecule has 0 spiro atoms. The van der Waals surface area contributed by atoms with Crippen LogP contribution < -0.4 is 15.4 Å². The Hall–Kier alpha value is -3.05. The zero-order valence-electron chi connectivity index (χ0n) is 14.9. The van der Waals surface area contributed by atoms with E-state index in [9.17, 15) is 4.79 Å². The summed E-state index contributed by atoms with van der Waals surface area (Å²) in [6.07, 6.45) is 2.33. The highest BCUT2D eigenvalue weighted by Crippen LogP contribution is 2.26. The third-order valence-corrected chi connectivity index (χ3v) is 4.24. The number of amides is 1. The summed E-state index contributed by atoms with van der Waals surface area (Å²) >= 11 is 5.88. The number of aromatic nitrogens is 1. The molecule has 5 nitrogen and oxygen atoms in total. The fourth-order valence-electron chi connectivity index (χ4n) is 2.60. The van der Waals surface area contributed by atoms with Gasteiger partial charge < -0.3 is 15.4 Å². The van der Waals surface area contributed by atoms with Gasteiger partial charge in [-0.05, 0) is 48.4 Å². The van der Waals surface area contributed by atoms with Crippen molar-refractivity contribution in [3.05, 3.63) is 83.1 Å². The molecule has 27 heavy (non-hydrogen) atoms. The van der Waals surface area contributed by atoms with Gasteiger partial charge in [-0.25, -0.2) is 0 Å². The molecular weight excluding hydrogens is 362 g/mol. The van der Waals surface area contributed by atoms with Crippen LogP contribution in [-0.2, 0) is 6.42 Å². The van der Waals surface area contributed by atoms with Crippen LogP contribution in [0.2, 0.25) is 5.02 Å². The number of carbonyl (C=O) groups excluding carboxylic acids is 1. The summed E-state index contributed by atoms with van der Waals surface area (Å²) in [6, 6.07) is 18.7. The van der Waals surface area contributed by atoms with E-state index in [1.165, 1.54) is 0 Å². The maximum Gasteiger partial charge on any atom is 0.269 e. The first-order valence-corrected chi connectivity index (χ1v) is 8.92. The molecule has 3 rings (SSSR count). The van der Waals surface area contributed by atoms with E-state index in [4.69, 9.17) is 16.3 Å². The number of halogens is 1. The molecule has 0 saturated heterocycles. The third kappa shape index (κ3) is 5.21. The number of pyridine rings is 1. The maximum absolute atomic E-state index is 12.4. The quantitative estimate of drug-likeness (QED) is 0.634. The Morgan fingerprint density at radius 3 is 2.67 bits per heavy atom. The summed E-state index contributed by atoms with van der Waals surface area (Å²) in [6.45, 7) is 0.520. The Labute approximate surface area is 163 Å². The van der Waals surface area contributed by atoms with Gasteiger partial charge in [0.15, 0.2) is 0 Å². The summed E-state index contributed by atoms with van der Waals surface area (Å²) in [5, 5.41) is 6.84. The van der Waals surface area contributed by atoms with E-state index in [0.717, 1.165) is 29.1 Å². The summed E-state index contributed by atoms with van der Waals surface area (Å²) in [5.41, 5.74) is 3.04. The molecule has 6 heteroatoms. The van der Waals surface area contributed by atoms with Crippen molar-refractivity contribution in [3.8, 4) is 5.75 Å². The Morgan fingerprint density at radius 2 is 1.89 bits per heavy atom. The number of carbonyl (C=O) groups is 1. The molecule has 0 saturated carbocycles. The monoisotopic (exact) mass is 381 g/mol. The average Bonchev–Trinajstić information content (AvgIpc) is 2.70. The number of anilines is 2. The van der Waals surface area contributed by atoms with Gasteiger partial charge in [-0.1, -0.05) is 35.9 Å². The van der Waals surface area contributed by atoms with Gasteiger partial charge in [0, 0.05) is 23.5 Å². The first kappa shape index (κ1) is 18.7. The number of methoxy groups -OCH3 is 1. The Morgan fingerprint density at radius 1 is 1.11 bits per heavy atom. The lowest BCUT2D eigenvalue weighted by molar-refractivity contribution is 0.0949. The van der Waals surface area contributed by atoms with Gasteiger partial charge in [0.25, 0.3) is 5.91 Å². The molecule has 0 aliphatic rings. The molecule has 0 unspecified atom stereocenters. The molecule has 2 N–H and O–H groups in total. The fraction of sp³-hybridized carbons (Fsp3) is 0.143. The van der Waals surface area contributed by atoms with E-state index in [-0.39, 0.29) is 5.91 Å². The van der Waals surface area contributed by atoms with Crippen molar-refractivity contribution in [1.82, 2.24) is 10.3 Å². The number of ether oxygens (including phenoxy) is 1. The Bertz CT molecular complexity index is 913. The highest BCUT2D eigenvalue weighted by atomic mass is 35.5. The third-order valence-electron chi connectivity index (χ3n) is 3.99. The number of hydrogen-bond donors (Lipinski definition) is 2. The van der Waals surface area contributed by atoms with Gasteiger partial charge >= 0.3 is 0 Å². The molecule has 1 amide bonds. The van der Waals surface area contributed by atoms with Crippen LogP contribution in [0.3, 0.4) is 0 Å². The second-order valence-electron chi connectivity index (χ2n) is 5.89. The highest BCUT2D eigenvalue weighted by Gasteiger charge is 2.09. The standard InChI is InChI=1S/C21H20ClN3O2/c1-27-20-5-3-2-4-18(20)25-17-11-13-23-19(14-17)21(26)24-12-10-15-6-8-16(22)9-7-15/h2-9,11,13-14H,10,12H2,1H3,(H,23,25)(H,24,26). The number of benzene rings is 2. The van der Waals surface area contributed by atoms with Gasteiger partial charge in [0.2, 0.25) is 0 Å². The lowest BCUT2D eigenvalue weighted by Crippen LogP contribution is -2.26. The maximum atomic E-state index is 12.4. The predicted octanol–water partition coefficient (Wildman–Crippen LogP) is 4.46. The van der Waals surface area contributed by atoms with Crippen LogP contribution in [0.5, 0.6) is 5.75 Å². The second-order valence-corrected chi connectivity index (χ2v) is 6.32. The zero-order valence-corrected chi connectivity index (χ0v) is 15.7. The minimum Gasteiger partial charge on any atom is -0.495 e. The number of nitrogens with one attached hydrogen (secondary N) is 2. The van der Waals surface area contributed by atoms with Crippen molar-refractivity contribution in [3.63, 3.8) is 0 Å². The van der Waals surface area contributed by atoms with Crippen molar-refractivity contribution in [1.29, 1.82) is 0 Å². The topological polar surface area (TPSA) is 63.2 Å². The fourth-order valence-corrected chi connectivity index (χ4v) is 2.72. The van der Waals surface area contributed by atoms with E-state index in [2.05, 4.69) is 15.6 Å². The van der Waals surface area contributed by atoms with Crippen molar-refractivity contribution >= 4 is 28.9 Å². The van der Waals surface area contributed by atoms with Crippen molar-refractivity contribution < 1.29 is 9.53 Å². The van der Waals surface area contributed by atoms with Gasteiger partial charge in [-0.2, -0.15) is 0 Å². The normalized spacial score (nSPS) is 10.3. The molecule has 0 bridgehead atoms. The molecule has 0 aliphatic heterocycles. The van der Waals surface area contributed by atoms with Crippen LogP contribution >= 0.6 is 11.6 Å². The van der Waals surface area contributed by atoms with Gasteiger partial charge in [0.05, 0.1) is 12.8 Å². The van der Waals surface area contributed by atoms with Gasteiger partial charge in [0.1, 0.15) is 11.4 Å². The van der Waals surface area contributed by atoms with Crippen LogP contribution in [0.25, 0.3) is 0 Å². The largest absolute Gasteiger partial charge is 0.495 e. The summed E-state index contributed by atoms with van der Waals surface area (Å²) in [7, 11) is 1.62.